The lowest BCUT2D eigenvalue weighted by atomic mass is 10.1. The lowest BCUT2D eigenvalue weighted by molar-refractivity contribution is 0.0527. The summed E-state index contributed by atoms with van der Waals surface area (Å²) in [4.78, 5) is 37.9. The van der Waals surface area contributed by atoms with Crippen molar-refractivity contribution in [2.45, 2.75) is 25.7 Å². The first-order chi connectivity index (χ1) is 16.2. The Kier molecular flexibility index (Phi) is 8.42. The van der Waals surface area contributed by atoms with E-state index < -0.39 is 27.9 Å². The topological polar surface area (TPSA) is 128 Å². The fraction of sp³-hybridized carbons (Fsp3) is 0.409. The highest BCUT2D eigenvalue weighted by Gasteiger charge is 2.29. The molecule has 1 aliphatic heterocycles. The number of amides is 1. The normalized spacial score (nSPS) is 14.4. The van der Waals surface area contributed by atoms with Gasteiger partial charge in [0.25, 0.3) is 5.91 Å². The van der Waals surface area contributed by atoms with Gasteiger partial charge in [-0.3, -0.25) is 4.79 Å². The van der Waals surface area contributed by atoms with Crippen LogP contribution in [0.15, 0.2) is 29.2 Å². The molecule has 184 valence electrons. The Morgan fingerprint density at radius 3 is 2.21 bits per heavy atom. The minimum Gasteiger partial charge on any atom is -0.462 e. The Bertz CT molecular complexity index is 1170. The van der Waals surface area contributed by atoms with Crippen LogP contribution in [0.2, 0.25) is 0 Å². The summed E-state index contributed by atoms with van der Waals surface area (Å²) < 4.78 is 42.2. The Labute approximate surface area is 201 Å². The molecule has 1 fully saturated rings. The first-order valence-corrected chi connectivity index (χ1v) is 12.9. The van der Waals surface area contributed by atoms with Crippen LogP contribution in [-0.2, 0) is 24.2 Å². The van der Waals surface area contributed by atoms with Crippen LogP contribution < -0.4 is 5.32 Å². The largest absolute Gasteiger partial charge is 0.462 e. The molecular formula is C22H26N2O8S2. The van der Waals surface area contributed by atoms with Gasteiger partial charge in [-0.15, -0.1) is 11.3 Å². The fourth-order valence-corrected chi connectivity index (χ4v) is 5.82. The van der Waals surface area contributed by atoms with Crippen LogP contribution in [0.1, 0.15) is 49.8 Å². The SMILES string of the molecule is CCOC(=O)c1sc(NC(=O)c2ccc(S(=O)(=O)N3CCOCC3)cc2)c(C(=O)OCC)c1C. The number of sulfonamides is 1. The molecule has 0 aliphatic carbocycles. The van der Waals surface area contributed by atoms with Crippen molar-refractivity contribution < 1.29 is 37.0 Å². The third-order valence-electron chi connectivity index (χ3n) is 5.04. The summed E-state index contributed by atoms with van der Waals surface area (Å²) in [5, 5.41) is 2.79. The molecule has 12 heteroatoms. The van der Waals surface area contributed by atoms with Gasteiger partial charge >= 0.3 is 11.9 Å². The van der Waals surface area contributed by atoms with Crippen LogP contribution in [0.3, 0.4) is 0 Å². The second kappa shape index (κ2) is 11.1. The molecule has 0 unspecified atom stereocenters. The fourth-order valence-electron chi connectivity index (χ4n) is 3.33. The number of carbonyl (C=O) groups excluding carboxylic acids is 3. The predicted octanol–water partition coefficient (Wildman–Crippen LogP) is 2.68. The zero-order valence-electron chi connectivity index (χ0n) is 19.1. The number of morpholine rings is 1. The molecule has 0 radical (unpaired) electrons. The van der Waals surface area contributed by atoms with Gasteiger partial charge in [0.05, 0.1) is 36.9 Å². The molecule has 0 bridgehead atoms. The molecule has 0 atom stereocenters. The number of hydrogen-bond donors (Lipinski definition) is 1. The van der Waals surface area contributed by atoms with Gasteiger partial charge in [0.15, 0.2) is 0 Å². The number of nitrogens with one attached hydrogen (secondary N) is 1. The van der Waals surface area contributed by atoms with Crippen LogP contribution in [0, 0.1) is 6.92 Å². The minimum absolute atomic E-state index is 0.0646. The lowest BCUT2D eigenvalue weighted by Gasteiger charge is -2.26. The zero-order valence-corrected chi connectivity index (χ0v) is 20.7. The third kappa shape index (κ3) is 5.46. The molecule has 1 aromatic heterocycles. The number of anilines is 1. The van der Waals surface area contributed by atoms with E-state index >= 15 is 0 Å². The van der Waals surface area contributed by atoms with Crippen molar-refractivity contribution in [2.75, 3.05) is 44.8 Å². The van der Waals surface area contributed by atoms with E-state index in [4.69, 9.17) is 14.2 Å². The van der Waals surface area contributed by atoms with Crippen LogP contribution >= 0.6 is 11.3 Å². The quantitative estimate of drug-likeness (QED) is 0.537. The summed E-state index contributed by atoms with van der Waals surface area (Å²) in [6.45, 7) is 6.36. The van der Waals surface area contributed by atoms with Crippen molar-refractivity contribution in [2.24, 2.45) is 0 Å². The first-order valence-electron chi connectivity index (χ1n) is 10.7. The van der Waals surface area contributed by atoms with E-state index in [1.807, 2.05) is 0 Å². The number of ether oxygens (including phenoxy) is 3. The standard InChI is InChI=1S/C22H26N2O8S2/c1-4-31-21(26)17-14(3)18(22(27)32-5-2)33-20(17)23-19(25)15-6-8-16(9-7-15)34(28,29)24-10-12-30-13-11-24/h6-9H,4-5,10-13H2,1-3H3,(H,23,25). The third-order valence-corrected chi connectivity index (χ3v) is 8.14. The van der Waals surface area contributed by atoms with Crippen molar-refractivity contribution in [3.05, 3.63) is 45.8 Å². The molecule has 3 rings (SSSR count). The Balaban J connectivity index is 1.85. The average molecular weight is 511 g/mol. The molecule has 0 saturated carbocycles. The lowest BCUT2D eigenvalue weighted by Crippen LogP contribution is -2.40. The van der Waals surface area contributed by atoms with Crippen molar-refractivity contribution in [1.29, 1.82) is 0 Å². The van der Waals surface area contributed by atoms with E-state index in [9.17, 15) is 22.8 Å². The highest BCUT2D eigenvalue weighted by Crippen LogP contribution is 2.34. The molecule has 1 aliphatic rings. The van der Waals surface area contributed by atoms with Crippen LogP contribution in [0.5, 0.6) is 0 Å². The van der Waals surface area contributed by atoms with Gasteiger partial charge in [0.2, 0.25) is 10.0 Å². The van der Waals surface area contributed by atoms with Crippen molar-refractivity contribution in [3.8, 4) is 0 Å². The van der Waals surface area contributed by atoms with E-state index in [0.717, 1.165) is 11.3 Å². The molecule has 0 spiro atoms. The van der Waals surface area contributed by atoms with Crippen LogP contribution in [0.25, 0.3) is 0 Å². The molecule has 34 heavy (non-hydrogen) atoms. The van der Waals surface area contributed by atoms with Crippen LogP contribution in [-0.4, -0.2) is 70.1 Å². The number of thiophene rings is 1. The monoisotopic (exact) mass is 510 g/mol. The van der Waals surface area contributed by atoms with E-state index in [1.165, 1.54) is 28.6 Å². The first kappa shape index (κ1) is 25.8. The second-order valence-corrected chi connectivity index (χ2v) is 10.2. The summed E-state index contributed by atoms with van der Waals surface area (Å²) in [5.74, 6) is -1.85. The Hall–Kier alpha value is -2.80. The highest BCUT2D eigenvalue weighted by molar-refractivity contribution is 7.89. The van der Waals surface area contributed by atoms with Gasteiger partial charge in [-0.2, -0.15) is 4.31 Å². The predicted molar refractivity (Wildman–Crippen MR) is 125 cm³/mol. The summed E-state index contributed by atoms with van der Waals surface area (Å²) >= 11 is 0.916. The van der Waals surface area contributed by atoms with Crippen molar-refractivity contribution >= 4 is 44.2 Å². The molecule has 1 aromatic carbocycles. The number of rotatable bonds is 8. The zero-order chi connectivity index (χ0) is 24.9. The number of esters is 2. The number of hydrogen-bond acceptors (Lipinski definition) is 9. The number of benzene rings is 1. The van der Waals surface area contributed by atoms with Gasteiger partial charge in [0, 0.05) is 18.7 Å². The Morgan fingerprint density at radius 1 is 1.03 bits per heavy atom. The smallest absolute Gasteiger partial charge is 0.348 e. The molecule has 1 amide bonds. The number of carbonyl (C=O) groups is 3. The molecule has 1 N–H and O–H groups in total. The maximum atomic E-state index is 12.9. The minimum atomic E-state index is -3.69. The van der Waals surface area contributed by atoms with Crippen molar-refractivity contribution in [1.82, 2.24) is 4.31 Å². The average Bonchev–Trinajstić information content (AvgIpc) is 3.15. The van der Waals surface area contributed by atoms with Gasteiger partial charge in [-0.05, 0) is 50.6 Å². The number of nitrogens with zero attached hydrogens (tertiary/aromatic N) is 1. The van der Waals surface area contributed by atoms with Gasteiger partial charge in [-0.1, -0.05) is 0 Å². The summed E-state index contributed by atoms with van der Waals surface area (Å²) in [6, 6.07) is 5.49. The summed E-state index contributed by atoms with van der Waals surface area (Å²) in [6.07, 6.45) is 0. The molecule has 10 nitrogen and oxygen atoms in total. The molecule has 1 saturated heterocycles. The van der Waals surface area contributed by atoms with Gasteiger partial charge < -0.3 is 19.5 Å². The maximum Gasteiger partial charge on any atom is 0.348 e. The van der Waals surface area contributed by atoms with E-state index in [2.05, 4.69) is 5.32 Å². The van der Waals surface area contributed by atoms with Crippen molar-refractivity contribution in [3.63, 3.8) is 0 Å². The van der Waals surface area contributed by atoms with Crippen LogP contribution in [0.4, 0.5) is 5.00 Å². The maximum absolute atomic E-state index is 12.9. The van der Waals surface area contributed by atoms with E-state index in [0.29, 0.717) is 18.8 Å². The molecule has 2 heterocycles. The van der Waals surface area contributed by atoms with Gasteiger partial charge in [-0.25, -0.2) is 18.0 Å². The van der Waals surface area contributed by atoms with Gasteiger partial charge in [0.1, 0.15) is 9.88 Å². The van der Waals surface area contributed by atoms with E-state index in [-0.39, 0.29) is 52.2 Å². The summed E-state index contributed by atoms with van der Waals surface area (Å²) in [7, 11) is -3.69. The highest BCUT2D eigenvalue weighted by atomic mass is 32.2. The van der Waals surface area contributed by atoms with E-state index in [1.54, 1.807) is 20.8 Å². The second-order valence-electron chi connectivity index (χ2n) is 7.20. The summed E-state index contributed by atoms with van der Waals surface area (Å²) in [5.41, 5.74) is 0.610. The Morgan fingerprint density at radius 2 is 1.62 bits per heavy atom. The molecular weight excluding hydrogens is 484 g/mol. The molecule has 2 aromatic rings.